The molecule has 4 nitrogen and oxygen atoms in total. The molecule has 0 bridgehead atoms. The minimum absolute atomic E-state index is 0.691. The number of aromatic nitrogens is 3. The fourth-order valence-corrected chi connectivity index (χ4v) is 2.41. The molecule has 2 N–H and O–H groups in total. The Morgan fingerprint density at radius 2 is 1.84 bits per heavy atom. The highest BCUT2D eigenvalue weighted by Crippen LogP contribution is 2.21. The Bertz CT molecular complexity index is 560. The van der Waals surface area contributed by atoms with Crippen LogP contribution in [0.1, 0.15) is 23.4 Å². The second kappa shape index (κ2) is 6.21. The number of pyridine rings is 1. The van der Waals surface area contributed by atoms with Gasteiger partial charge in [0.05, 0.1) is 0 Å². The summed E-state index contributed by atoms with van der Waals surface area (Å²) < 4.78 is 0.927. The highest BCUT2D eigenvalue weighted by molar-refractivity contribution is 9.10. The lowest BCUT2D eigenvalue weighted by molar-refractivity contribution is 0.806. The zero-order valence-electron chi connectivity index (χ0n) is 11.2. The second-order valence-electron chi connectivity index (χ2n) is 4.48. The van der Waals surface area contributed by atoms with E-state index in [2.05, 4.69) is 30.9 Å². The zero-order chi connectivity index (χ0) is 13.8. The van der Waals surface area contributed by atoms with Gasteiger partial charge in [-0.3, -0.25) is 4.98 Å². The average Bonchev–Trinajstić information content (AvgIpc) is 2.37. The standard InChI is InChI=1S/C14H17BrN4/c1-9-13(4-3-5-16)10(2)19-14(18-9)11-6-12(15)8-17-7-11/h6-8H,3-5,16H2,1-2H3. The predicted octanol–water partition coefficient (Wildman–Crippen LogP) is 2.81. The largest absolute Gasteiger partial charge is 0.330 e. The first-order chi connectivity index (χ1) is 9.11. The van der Waals surface area contributed by atoms with E-state index in [-0.39, 0.29) is 0 Å². The highest BCUT2D eigenvalue weighted by atomic mass is 79.9. The number of nitrogens with zero attached hydrogens (tertiary/aromatic N) is 3. The number of halogens is 1. The van der Waals surface area contributed by atoms with Gasteiger partial charge in [-0.15, -0.1) is 0 Å². The number of hydrogen-bond acceptors (Lipinski definition) is 4. The van der Waals surface area contributed by atoms with Crippen molar-refractivity contribution in [2.24, 2.45) is 5.73 Å². The maximum absolute atomic E-state index is 5.56. The van der Waals surface area contributed by atoms with Crippen LogP contribution in [-0.2, 0) is 6.42 Å². The monoisotopic (exact) mass is 320 g/mol. The summed E-state index contributed by atoms with van der Waals surface area (Å²) in [6.07, 6.45) is 5.42. The lowest BCUT2D eigenvalue weighted by atomic mass is 10.1. The minimum atomic E-state index is 0.691. The van der Waals surface area contributed by atoms with E-state index in [1.165, 1.54) is 5.56 Å². The first kappa shape index (κ1) is 14.1. The Balaban J connectivity index is 2.39. The lowest BCUT2D eigenvalue weighted by Gasteiger charge is -2.10. The summed E-state index contributed by atoms with van der Waals surface area (Å²) in [5, 5.41) is 0. The topological polar surface area (TPSA) is 64.7 Å². The summed E-state index contributed by atoms with van der Waals surface area (Å²) in [6.45, 7) is 4.74. The highest BCUT2D eigenvalue weighted by Gasteiger charge is 2.10. The van der Waals surface area contributed by atoms with Crippen LogP contribution in [0.3, 0.4) is 0 Å². The minimum Gasteiger partial charge on any atom is -0.330 e. The van der Waals surface area contributed by atoms with Gasteiger partial charge in [0.25, 0.3) is 0 Å². The van der Waals surface area contributed by atoms with E-state index < -0.39 is 0 Å². The normalized spacial score (nSPS) is 10.7. The number of nitrogens with two attached hydrogens (primary N) is 1. The number of aryl methyl sites for hydroxylation is 2. The van der Waals surface area contributed by atoms with Gasteiger partial charge < -0.3 is 5.73 Å². The summed E-state index contributed by atoms with van der Waals surface area (Å²) in [5.41, 5.74) is 9.74. The fraction of sp³-hybridized carbons (Fsp3) is 0.357. The quantitative estimate of drug-likeness (QED) is 0.940. The maximum atomic E-state index is 5.56. The van der Waals surface area contributed by atoms with Gasteiger partial charge >= 0.3 is 0 Å². The molecule has 0 unspecified atom stereocenters. The van der Waals surface area contributed by atoms with Crippen LogP contribution in [0.5, 0.6) is 0 Å². The zero-order valence-corrected chi connectivity index (χ0v) is 12.7. The van der Waals surface area contributed by atoms with Gasteiger partial charge in [0.1, 0.15) is 0 Å². The molecule has 0 aliphatic heterocycles. The van der Waals surface area contributed by atoms with E-state index in [9.17, 15) is 0 Å². The van der Waals surface area contributed by atoms with Gasteiger partial charge in [0.2, 0.25) is 0 Å². The molecule has 2 heterocycles. The molecule has 0 spiro atoms. The van der Waals surface area contributed by atoms with Crippen molar-refractivity contribution in [1.29, 1.82) is 0 Å². The van der Waals surface area contributed by atoms with Crippen LogP contribution >= 0.6 is 15.9 Å². The molecular weight excluding hydrogens is 304 g/mol. The van der Waals surface area contributed by atoms with E-state index in [0.717, 1.165) is 40.1 Å². The van der Waals surface area contributed by atoms with Crippen molar-refractivity contribution in [2.75, 3.05) is 6.54 Å². The maximum Gasteiger partial charge on any atom is 0.161 e. The van der Waals surface area contributed by atoms with Crippen LogP contribution in [0.2, 0.25) is 0 Å². The summed E-state index contributed by atoms with van der Waals surface area (Å²) in [7, 11) is 0. The molecule has 100 valence electrons. The molecule has 2 rings (SSSR count). The first-order valence-electron chi connectivity index (χ1n) is 6.27. The van der Waals surface area contributed by atoms with Gasteiger partial charge in [-0.25, -0.2) is 9.97 Å². The third-order valence-electron chi connectivity index (χ3n) is 3.01. The molecular formula is C14H17BrN4. The Labute approximate surface area is 121 Å². The van der Waals surface area contributed by atoms with Gasteiger partial charge in [-0.2, -0.15) is 0 Å². The van der Waals surface area contributed by atoms with E-state index in [0.29, 0.717) is 6.54 Å². The molecule has 19 heavy (non-hydrogen) atoms. The molecule has 0 amide bonds. The van der Waals surface area contributed by atoms with Crippen molar-refractivity contribution >= 4 is 15.9 Å². The van der Waals surface area contributed by atoms with Crippen LogP contribution in [0.25, 0.3) is 11.4 Å². The summed E-state index contributed by atoms with van der Waals surface area (Å²) >= 11 is 3.41. The SMILES string of the molecule is Cc1nc(-c2cncc(Br)c2)nc(C)c1CCCN. The van der Waals surface area contributed by atoms with Crippen molar-refractivity contribution in [1.82, 2.24) is 15.0 Å². The number of rotatable bonds is 4. The van der Waals surface area contributed by atoms with Gasteiger partial charge in [-0.05, 0) is 60.8 Å². The molecule has 2 aromatic rings. The molecule has 0 saturated heterocycles. The third kappa shape index (κ3) is 3.36. The molecule has 0 radical (unpaired) electrons. The predicted molar refractivity (Wildman–Crippen MR) is 79.8 cm³/mol. The molecule has 2 aromatic heterocycles. The summed E-state index contributed by atoms with van der Waals surface area (Å²) in [5.74, 6) is 0.722. The summed E-state index contributed by atoms with van der Waals surface area (Å²) in [4.78, 5) is 13.3. The smallest absolute Gasteiger partial charge is 0.161 e. The average molecular weight is 321 g/mol. The van der Waals surface area contributed by atoms with Crippen molar-refractivity contribution in [3.63, 3.8) is 0 Å². The van der Waals surface area contributed by atoms with Gasteiger partial charge in [0.15, 0.2) is 5.82 Å². The Morgan fingerprint density at radius 1 is 1.16 bits per heavy atom. The molecule has 5 heteroatoms. The molecule has 0 saturated carbocycles. The molecule has 0 aliphatic carbocycles. The molecule has 0 atom stereocenters. The van der Waals surface area contributed by atoms with E-state index in [1.54, 1.807) is 12.4 Å². The van der Waals surface area contributed by atoms with Crippen LogP contribution in [0.15, 0.2) is 22.9 Å². The second-order valence-corrected chi connectivity index (χ2v) is 5.40. The van der Waals surface area contributed by atoms with E-state index >= 15 is 0 Å². The van der Waals surface area contributed by atoms with Gasteiger partial charge in [-0.1, -0.05) is 0 Å². The Morgan fingerprint density at radius 3 is 2.42 bits per heavy atom. The number of hydrogen-bond donors (Lipinski definition) is 1. The molecule has 0 aliphatic rings. The van der Waals surface area contributed by atoms with E-state index in [1.807, 2.05) is 19.9 Å². The van der Waals surface area contributed by atoms with Crippen LogP contribution in [0.4, 0.5) is 0 Å². The van der Waals surface area contributed by atoms with Crippen molar-refractivity contribution < 1.29 is 0 Å². The molecule has 0 fully saturated rings. The molecule has 0 aromatic carbocycles. The third-order valence-corrected chi connectivity index (χ3v) is 3.45. The fourth-order valence-electron chi connectivity index (χ4n) is 2.04. The van der Waals surface area contributed by atoms with Gasteiger partial charge in [0, 0.05) is 33.8 Å². The Hall–Kier alpha value is -1.33. The van der Waals surface area contributed by atoms with Crippen LogP contribution < -0.4 is 5.73 Å². The van der Waals surface area contributed by atoms with Crippen LogP contribution in [0, 0.1) is 13.8 Å². The van der Waals surface area contributed by atoms with Crippen LogP contribution in [-0.4, -0.2) is 21.5 Å². The van der Waals surface area contributed by atoms with Crippen molar-refractivity contribution in [3.05, 3.63) is 39.9 Å². The lowest BCUT2D eigenvalue weighted by Crippen LogP contribution is -2.06. The van der Waals surface area contributed by atoms with Crippen molar-refractivity contribution in [2.45, 2.75) is 26.7 Å². The Kier molecular flexibility index (Phi) is 4.61. The first-order valence-corrected chi connectivity index (χ1v) is 7.06. The summed E-state index contributed by atoms with van der Waals surface area (Å²) in [6, 6.07) is 1.97. The van der Waals surface area contributed by atoms with Crippen molar-refractivity contribution in [3.8, 4) is 11.4 Å². The van der Waals surface area contributed by atoms with E-state index in [4.69, 9.17) is 5.73 Å².